The number of esters is 1. The summed E-state index contributed by atoms with van der Waals surface area (Å²) in [7, 11) is 1.35. The maximum absolute atomic E-state index is 11.7. The van der Waals surface area contributed by atoms with Crippen LogP contribution >= 0.6 is 27.7 Å². The molecule has 0 aliphatic heterocycles. The van der Waals surface area contributed by atoms with E-state index in [0.717, 1.165) is 19.8 Å². The maximum atomic E-state index is 11.7. The Morgan fingerprint density at radius 3 is 2.65 bits per heavy atom. The molecule has 20 heavy (non-hydrogen) atoms. The van der Waals surface area contributed by atoms with E-state index < -0.39 is 5.97 Å². The van der Waals surface area contributed by atoms with Crippen LogP contribution in [0, 0.1) is 6.92 Å². The quantitative estimate of drug-likeness (QED) is 0.662. The van der Waals surface area contributed by atoms with Crippen molar-refractivity contribution in [3.8, 4) is 0 Å². The lowest BCUT2D eigenvalue weighted by molar-refractivity contribution is 0.0601. The second-order valence-electron chi connectivity index (χ2n) is 4.25. The van der Waals surface area contributed by atoms with Crippen LogP contribution in [0.4, 0.5) is 5.69 Å². The molecule has 0 unspecified atom stereocenters. The predicted molar refractivity (Wildman–Crippen MR) is 85.2 cm³/mol. The van der Waals surface area contributed by atoms with Gasteiger partial charge in [-0.1, -0.05) is 33.8 Å². The molecule has 0 saturated carbocycles. The number of aryl methyl sites for hydroxylation is 1. The number of ether oxygens (including phenoxy) is 1. The van der Waals surface area contributed by atoms with Gasteiger partial charge >= 0.3 is 5.97 Å². The Kier molecular flexibility index (Phi) is 4.73. The van der Waals surface area contributed by atoms with Gasteiger partial charge in [-0.15, -0.1) is 0 Å². The monoisotopic (exact) mass is 351 g/mol. The Labute approximate surface area is 130 Å². The molecule has 0 fully saturated rings. The molecule has 2 aromatic rings. The number of rotatable bonds is 3. The number of hydrogen-bond donors (Lipinski definition) is 1. The summed E-state index contributed by atoms with van der Waals surface area (Å²) in [6.45, 7) is 1.88. The molecule has 0 amide bonds. The van der Waals surface area contributed by atoms with Gasteiger partial charge in [0.25, 0.3) is 0 Å². The normalized spacial score (nSPS) is 10.3. The number of carbonyl (C=O) groups excluding carboxylic acids is 1. The highest BCUT2D eigenvalue weighted by Gasteiger charge is 2.14. The number of hydrogen-bond acceptors (Lipinski definition) is 4. The fourth-order valence-corrected chi connectivity index (χ4v) is 3.34. The van der Waals surface area contributed by atoms with Crippen molar-refractivity contribution in [3.63, 3.8) is 0 Å². The third-order valence-electron chi connectivity index (χ3n) is 2.80. The van der Waals surface area contributed by atoms with E-state index in [1.807, 2.05) is 37.3 Å². The molecule has 0 aliphatic rings. The van der Waals surface area contributed by atoms with Gasteiger partial charge < -0.3 is 10.5 Å². The summed E-state index contributed by atoms with van der Waals surface area (Å²) in [5, 5.41) is 0. The predicted octanol–water partition coefficient (Wildman–Crippen LogP) is 4.28. The maximum Gasteiger partial charge on any atom is 0.340 e. The Bertz CT molecular complexity index is 658. The van der Waals surface area contributed by atoms with Gasteiger partial charge in [0.1, 0.15) is 0 Å². The first kappa shape index (κ1) is 14.9. The van der Waals surface area contributed by atoms with Crippen LogP contribution in [0.25, 0.3) is 0 Å². The summed E-state index contributed by atoms with van der Waals surface area (Å²) in [6, 6.07) is 11.7. The first-order chi connectivity index (χ1) is 9.51. The molecule has 3 nitrogen and oxygen atoms in total. The highest BCUT2D eigenvalue weighted by Crippen LogP contribution is 2.33. The third-order valence-corrected chi connectivity index (χ3v) is 4.25. The summed E-state index contributed by atoms with van der Waals surface area (Å²) >= 11 is 5.02. The van der Waals surface area contributed by atoms with Crippen LogP contribution in [-0.4, -0.2) is 13.1 Å². The highest BCUT2D eigenvalue weighted by molar-refractivity contribution is 9.10. The van der Waals surface area contributed by atoms with Crippen LogP contribution in [0.2, 0.25) is 0 Å². The second-order valence-corrected chi connectivity index (χ2v) is 6.32. The van der Waals surface area contributed by atoms with Crippen molar-refractivity contribution >= 4 is 39.3 Å². The lowest BCUT2D eigenvalue weighted by atomic mass is 10.1. The average molecular weight is 352 g/mol. The molecule has 0 saturated heterocycles. The molecule has 104 valence electrons. The van der Waals surface area contributed by atoms with Crippen molar-refractivity contribution in [2.75, 3.05) is 12.8 Å². The Hall–Kier alpha value is -1.46. The first-order valence-corrected chi connectivity index (χ1v) is 7.54. The zero-order chi connectivity index (χ0) is 14.7. The van der Waals surface area contributed by atoms with Gasteiger partial charge in [-0.3, -0.25) is 0 Å². The van der Waals surface area contributed by atoms with Crippen molar-refractivity contribution in [2.45, 2.75) is 16.7 Å². The number of benzene rings is 2. The molecule has 0 radical (unpaired) electrons. The Balaban J connectivity index is 2.38. The van der Waals surface area contributed by atoms with E-state index in [0.29, 0.717) is 11.3 Å². The fourth-order valence-electron chi connectivity index (χ4n) is 1.77. The minimum Gasteiger partial charge on any atom is -0.465 e. The molecule has 2 aromatic carbocycles. The van der Waals surface area contributed by atoms with Crippen LogP contribution in [-0.2, 0) is 4.74 Å². The standard InChI is InChI=1S/C15H14BrNO2S/c1-9-6-12(8-13(14(9)17)15(18)19-2)20-11-5-3-4-10(16)7-11/h3-8H,17H2,1-2H3. The zero-order valence-electron chi connectivity index (χ0n) is 11.1. The molecule has 0 aliphatic carbocycles. The van der Waals surface area contributed by atoms with Gasteiger partial charge in [-0.05, 0) is 42.8 Å². The first-order valence-electron chi connectivity index (χ1n) is 5.93. The molecule has 0 bridgehead atoms. The van der Waals surface area contributed by atoms with E-state index in [2.05, 4.69) is 15.9 Å². The van der Waals surface area contributed by atoms with Gasteiger partial charge in [-0.25, -0.2) is 4.79 Å². The summed E-state index contributed by atoms with van der Waals surface area (Å²) < 4.78 is 5.78. The number of halogens is 1. The smallest absolute Gasteiger partial charge is 0.340 e. The van der Waals surface area contributed by atoms with E-state index in [-0.39, 0.29) is 0 Å². The van der Waals surface area contributed by atoms with Crippen molar-refractivity contribution < 1.29 is 9.53 Å². The molecule has 0 spiro atoms. The van der Waals surface area contributed by atoms with Crippen molar-refractivity contribution in [3.05, 3.63) is 52.0 Å². The Morgan fingerprint density at radius 2 is 2.00 bits per heavy atom. The number of methoxy groups -OCH3 is 1. The van der Waals surface area contributed by atoms with Crippen LogP contribution in [0.1, 0.15) is 15.9 Å². The fraction of sp³-hybridized carbons (Fsp3) is 0.133. The van der Waals surface area contributed by atoms with Gasteiger partial charge in [-0.2, -0.15) is 0 Å². The lowest BCUT2D eigenvalue weighted by Gasteiger charge is -2.10. The van der Waals surface area contributed by atoms with Crippen molar-refractivity contribution in [1.82, 2.24) is 0 Å². The van der Waals surface area contributed by atoms with Crippen molar-refractivity contribution in [2.24, 2.45) is 0 Å². The van der Waals surface area contributed by atoms with Crippen LogP contribution in [0.3, 0.4) is 0 Å². The van der Waals surface area contributed by atoms with E-state index in [4.69, 9.17) is 10.5 Å². The van der Waals surface area contributed by atoms with Gasteiger partial charge in [0.05, 0.1) is 12.7 Å². The molecule has 5 heteroatoms. The molecule has 2 N–H and O–H groups in total. The summed E-state index contributed by atoms with van der Waals surface area (Å²) in [4.78, 5) is 13.8. The topological polar surface area (TPSA) is 52.3 Å². The molecule has 0 heterocycles. The molecule has 2 rings (SSSR count). The second kappa shape index (κ2) is 6.33. The van der Waals surface area contributed by atoms with E-state index in [1.165, 1.54) is 7.11 Å². The molecule has 0 atom stereocenters. The van der Waals surface area contributed by atoms with Gasteiger partial charge in [0, 0.05) is 20.0 Å². The summed E-state index contributed by atoms with van der Waals surface area (Å²) in [5.41, 5.74) is 7.67. The van der Waals surface area contributed by atoms with Crippen molar-refractivity contribution in [1.29, 1.82) is 0 Å². The largest absolute Gasteiger partial charge is 0.465 e. The van der Waals surface area contributed by atoms with E-state index in [9.17, 15) is 4.79 Å². The van der Waals surface area contributed by atoms with Crippen LogP contribution in [0.15, 0.2) is 50.7 Å². The van der Waals surface area contributed by atoms with Crippen LogP contribution in [0.5, 0.6) is 0 Å². The zero-order valence-corrected chi connectivity index (χ0v) is 13.5. The minimum atomic E-state index is -0.415. The van der Waals surface area contributed by atoms with Gasteiger partial charge in [0.15, 0.2) is 0 Å². The van der Waals surface area contributed by atoms with E-state index in [1.54, 1.807) is 17.8 Å². The molecular weight excluding hydrogens is 338 g/mol. The average Bonchev–Trinajstić information content (AvgIpc) is 2.42. The number of anilines is 1. The number of carbonyl (C=O) groups is 1. The third kappa shape index (κ3) is 3.35. The molecule has 0 aromatic heterocycles. The van der Waals surface area contributed by atoms with E-state index >= 15 is 0 Å². The minimum absolute atomic E-state index is 0.407. The lowest BCUT2D eigenvalue weighted by Crippen LogP contribution is -2.07. The highest BCUT2D eigenvalue weighted by atomic mass is 79.9. The summed E-state index contributed by atoms with van der Waals surface area (Å²) in [6.07, 6.45) is 0. The number of nitrogens with two attached hydrogens (primary N) is 1. The van der Waals surface area contributed by atoms with Crippen LogP contribution < -0.4 is 5.73 Å². The van der Waals surface area contributed by atoms with Gasteiger partial charge in [0.2, 0.25) is 0 Å². The molecular formula is C15H14BrNO2S. The Morgan fingerprint density at radius 1 is 1.25 bits per heavy atom. The summed E-state index contributed by atoms with van der Waals surface area (Å²) in [5.74, 6) is -0.415. The SMILES string of the molecule is COC(=O)c1cc(Sc2cccc(Br)c2)cc(C)c1N. The number of nitrogen functional groups attached to an aromatic ring is 1.